The molecule has 0 aliphatic carbocycles. The van der Waals surface area contributed by atoms with Gasteiger partial charge < -0.3 is 15.5 Å². The highest BCUT2D eigenvalue weighted by Crippen LogP contribution is 2.18. The van der Waals surface area contributed by atoms with Gasteiger partial charge in [0, 0.05) is 46.0 Å². The van der Waals surface area contributed by atoms with E-state index in [1.807, 2.05) is 31.9 Å². The fourth-order valence-corrected chi connectivity index (χ4v) is 2.73. The summed E-state index contributed by atoms with van der Waals surface area (Å²) >= 11 is 0. The minimum absolute atomic E-state index is 0.418. The average Bonchev–Trinajstić information content (AvgIpc) is 2.97. The Bertz CT molecular complexity index is 504. The largest absolute Gasteiger partial charge is 0.367 e. The number of hydrogen-bond acceptors (Lipinski definition) is 3. The van der Waals surface area contributed by atoms with Gasteiger partial charge in [0.2, 0.25) is 0 Å². The molecule has 6 nitrogen and oxygen atoms in total. The zero-order valence-electron chi connectivity index (χ0n) is 13.9. The summed E-state index contributed by atoms with van der Waals surface area (Å²) in [6.45, 7) is 5.03. The van der Waals surface area contributed by atoms with Crippen molar-refractivity contribution in [2.75, 3.05) is 31.6 Å². The van der Waals surface area contributed by atoms with Crippen molar-refractivity contribution >= 4 is 11.6 Å². The molecule has 0 aromatic carbocycles. The van der Waals surface area contributed by atoms with E-state index in [2.05, 4.69) is 44.0 Å². The van der Waals surface area contributed by atoms with Crippen LogP contribution in [0.25, 0.3) is 0 Å². The molecule has 1 unspecified atom stereocenters. The van der Waals surface area contributed by atoms with Crippen LogP contribution in [-0.2, 0) is 7.05 Å². The number of anilines is 1. The number of allylic oxidation sites excluding steroid dienone is 1. The van der Waals surface area contributed by atoms with E-state index >= 15 is 0 Å². The number of aryl methyl sites for hydroxylation is 1. The molecule has 2 rings (SSSR count). The van der Waals surface area contributed by atoms with Crippen molar-refractivity contribution in [3.63, 3.8) is 0 Å². The molecule has 22 heavy (non-hydrogen) atoms. The van der Waals surface area contributed by atoms with Crippen molar-refractivity contribution < 1.29 is 0 Å². The van der Waals surface area contributed by atoms with Crippen molar-refractivity contribution in [2.24, 2.45) is 12.0 Å². The van der Waals surface area contributed by atoms with Crippen LogP contribution in [0.1, 0.15) is 26.2 Å². The van der Waals surface area contributed by atoms with Crippen molar-refractivity contribution in [2.45, 2.75) is 32.2 Å². The molecule has 1 saturated heterocycles. The predicted octanol–water partition coefficient (Wildman–Crippen LogP) is 1.52. The highest BCUT2D eigenvalue weighted by Gasteiger charge is 2.21. The molecule has 6 heteroatoms. The number of piperidine rings is 1. The first-order valence-electron chi connectivity index (χ1n) is 8.05. The third-order valence-electron chi connectivity index (χ3n) is 3.88. The van der Waals surface area contributed by atoms with Gasteiger partial charge in [0.15, 0.2) is 5.96 Å². The van der Waals surface area contributed by atoms with E-state index in [1.54, 1.807) is 0 Å². The Labute approximate surface area is 133 Å². The Hall–Kier alpha value is -1.98. The number of aliphatic imine (C=N–C) groups is 1. The molecule has 0 amide bonds. The first-order chi connectivity index (χ1) is 10.7. The van der Waals surface area contributed by atoms with Crippen LogP contribution < -0.4 is 15.5 Å². The summed E-state index contributed by atoms with van der Waals surface area (Å²) < 4.78 is 1.86. The zero-order chi connectivity index (χ0) is 15.8. The van der Waals surface area contributed by atoms with Crippen LogP contribution in [0.4, 0.5) is 5.69 Å². The van der Waals surface area contributed by atoms with Crippen LogP contribution in [0.15, 0.2) is 29.5 Å². The van der Waals surface area contributed by atoms with Crippen molar-refractivity contribution in [3.8, 4) is 0 Å². The van der Waals surface area contributed by atoms with Crippen LogP contribution in [-0.4, -0.2) is 48.5 Å². The third-order valence-corrected chi connectivity index (χ3v) is 3.88. The molecule has 1 aliphatic rings. The van der Waals surface area contributed by atoms with Crippen LogP contribution in [0, 0.1) is 0 Å². The Morgan fingerprint density at radius 1 is 1.55 bits per heavy atom. The molecule has 122 valence electrons. The molecule has 0 radical (unpaired) electrons. The lowest BCUT2D eigenvalue weighted by atomic mass is 10.1. The van der Waals surface area contributed by atoms with Crippen LogP contribution >= 0.6 is 0 Å². The van der Waals surface area contributed by atoms with Crippen LogP contribution in [0.2, 0.25) is 0 Å². The van der Waals surface area contributed by atoms with Gasteiger partial charge in [-0.2, -0.15) is 5.10 Å². The standard InChI is InChI=1S/C16H28N6/c1-4-5-6-9-18-16(17-2)20-14-8-7-10-22(12-14)15-11-19-21(3)13-15/h4-5,11,13-14H,6-10,12H2,1-3H3,(H2,17,18,20). The zero-order valence-corrected chi connectivity index (χ0v) is 13.9. The third kappa shape index (κ3) is 4.79. The molecule has 0 saturated carbocycles. The summed E-state index contributed by atoms with van der Waals surface area (Å²) in [5.41, 5.74) is 1.20. The predicted molar refractivity (Wildman–Crippen MR) is 92.4 cm³/mol. The summed E-state index contributed by atoms with van der Waals surface area (Å²) in [6, 6.07) is 0.418. The number of hydrogen-bond donors (Lipinski definition) is 2. The second-order valence-electron chi connectivity index (χ2n) is 5.66. The van der Waals surface area contributed by atoms with Crippen molar-refractivity contribution in [3.05, 3.63) is 24.5 Å². The van der Waals surface area contributed by atoms with Crippen LogP contribution in [0.3, 0.4) is 0 Å². The maximum absolute atomic E-state index is 4.32. The second kappa shape index (κ2) is 8.46. The Morgan fingerprint density at radius 2 is 2.41 bits per heavy atom. The number of aromatic nitrogens is 2. The minimum Gasteiger partial charge on any atom is -0.367 e. The minimum atomic E-state index is 0.418. The molecule has 2 N–H and O–H groups in total. The Morgan fingerprint density at radius 3 is 3.09 bits per heavy atom. The lowest BCUT2D eigenvalue weighted by Crippen LogP contribution is -2.51. The summed E-state index contributed by atoms with van der Waals surface area (Å²) in [6.07, 6.45) is 11.6. The number of rotatable bonds is 5. The van der Waals surface area contributed by atoms with Gasteiger partial charge in [-0.3, -0.25) is 9.67 Å². The van der Waals surface area contributed by atoms with Gasteiger partial charge >= 0.3 is 0 Å². The number of nitrogens with one attached hydrogen (secondary N) is 2. The van der Waals surface area contributed by atoms with E-state index in [-0.39, 0.29) is 0 Å². The second-order valence-corrected chi connectivity index (χ2v) is 5.66. The maximum Gasteiger partial charge on any atom is 0.191 e. The quantitative estimate of drug-likeness (QED) is 0.375. The van der Waals surface area contributed by atoms with E-state index < -0.39 is 0 Å². The van der Waals surface area contributed by atoms with Gasteiger partial charge in [0.1, 0.15) is 0 Å². The van der Waals surface area contributed by atoms with E-state index in [4.69, 9.17) is 0 Å². The van der Waals surface area contributed by atoms with E-state index in [9.17, 15) is 0 Å². The smallest absolute Gasteiger partial charge is 0.191 e. The lowest BCUT2D eigenvalue weighted by Gasteiger charge is -2.34. The van der Waals surface area contributed by atoms with Gasteiger partial charge in [0.25, 0.3) is 0 Å². The summed E-state index contributed by atoms with van der Waals surface area (Å²) in [5.74, 6) is 0.891. The van der Waals surface area contributed by atoms with E-state index in [0.717, 1.165) is 32.0 Å². The van der Waals surface area contributed by atoms with Gasteiger partial charge in [-0.05, 0) is 26.2 Å². The molecule has 1 aromatic heterocycles. The van der Waals surface area contributed by atoms with E-state index in [0.29, 0.717) is 6.04 Å². The molecule has 1 aliphatic heterocycles. The molecule has 1 fully saturated rings. The summed E-state index contributed by atoms with van der Waals surface area (Å²) in [5, 5.41) is 11.2. The van der Waals surface area contributed by atoms with Crippen molar-refractivity contribution in [1.82, 2.24) is 20.4 Å². The monoisotopic (exact) mass is 304 g/mol. The number of nitrogens with zero attached hydrogens (tertiary/aromatic N) is 4. The number of guanidine groups is 1. The fraction of sp³-hybridized carbons (Fsp3) is 0.625. The van der Waals surface area contributed by atoms with Crippen LogP contribution in [0.5, 0.6) is 0 Å². The van der Waals surface area contributed by atoms with Gasteiger partial charge in [-0.25, -0.2) is 0 Å². The molecular weight excluding hydrogens is 276 g/mol. The van der Waals surface area contributed by atoms with E-state index in [1.165, 1.54) is 18.5 Å². The highest BCUT2D eigenvalue weighted by molar-refractivity contribution is 5.80. The SMILES string of the molecule is CC=CCCNC(=NC)NC1CCCN(c2cnn(C)c2)C1. The highest BCUT2D eigenvalue weighted by atomic mass is 15.3. The molecule has 0 bridgehead atoms. The molecule has 0 spiro atoms. The summed E-state index contributed by atoms with van der Waals surface area (Å²) in [4.78, 5) is 6.71. The Balaban J connectivity index is 1.83. The lowest BCUT2D eigenvalue weighted by molar-refractivity contribution is 0.468. The normalized spacial score (nSPS) is 19.7. The average molecular weight is 304 g/mol. The van der Waals surface area contributed by atoms with Gasteiger partial charge in [0.05, 0.1) is 11.9 Å². The molecule has 1 aromatic rings. The first kappa shape index (κ1) is 16.4. The topological polar surface area (TPSA) is 57.5 Å². The maximum atomic E-state index is 4.32. The molecule has 1 atom stereocenters. The van der Waals surface area contributed by atoms with Gasteiger partial charge in [-0.1, -0.05) is 12.2 Å². The van der Waals surface area contributed by atoms with Crippen molar-refractivity contribution in [1.29, 1.82) is 0 Å². The first-order valence-corrected chi connectivity index (χ1v) is 8.05. The molecular formula is C16H28N6. The summed E-state index contributed by atoms with van der Waals surface area (Å²) in [7, 11) is 3.78. The molecule has 2 heterocycles. The fourth-order valence-electron chi connectivity index (χ4n) is 2.73. The van der Waals surface area contributed by atoms with Gasteiger partial charge in [-0.15, -0.1) is 0 Å². The Kier molecular flexibility index (Phi) is 6.30.